The molecular weight excluding hydrogens is 364 g/mol. The molecule has 0 spiro atoms. The van der Waals surface area contributed by atoms with E-state index in [0.717, 1.165) is 44.0 Å². The van der Waals surface area contributed by atoms with Gasteiger partial charge >= 0.3 is 0 Å². The molecule has 3 heterocycles. The van der Waals surface area contributed by atoms with Crippen molar-refractivity contribution < 1.29 is 4.79 Å². The number of nitrogens with zero attached hydrogens (tertiary/aromatic N) is 4. The van der Waals surface area contributed by atoms with Gasteiger partial charge in [0.1, 0.15) is 18.0 Å². The van der Waals surface area contributed by atoms with Crippen molar-refractivity contribution in [1.82, 2.24) is 20.3 Å². The van der Waals surface area contributed by atoms with Gasteiger partial charge in [-0.15, -0.1) is 0 Å². The summed E-state index contributed by atoms with van der Waals surface area (Å²) in [4.78, 5) is 27.4. The Morgan fingerprint density at radius 2 is 2.03 bits per heavy atom. The molecule has 7 nitrogen and oxygen atoms in total. The number of anilines is 2. The molecule has 7 heteroatoms. The van der Waals surface area contributed by atoms with Gasteiger partial charge in [0.15, 0.2) is 0 Å². The molecule has 29 heavy (non-hydrogen) atoms. The van der Waals surface area contributed by atoms with E-state index < -0.39 is 0 Å². The second-order valence-corrected chi connectivity index (χ2v) is 8.13. The van der Waals surface area contributed by atoms with Gasteiger partial charge in [-0.2, -0.15) is 0 Å². The molecule has 1 unspecified atom stereocenters. The Hall–Kier alpha value is -2.70. The largest absolute Gasteiger partial charge is 0.367 e. The third kappa shape index (κ3) is 6.14. The van der Waals surface area contributed by atoms with Crippen molar-refractivity contribution in [3.05, 3.63) is 42.5 Å². The molecule has 1 amide bonds. The van der Waals surface area contributed by atoms with E-state index >= 15 is 0 Å². The molecule has 2 N–H and O–H groups in total. The lowest BCUT2D eigenvalue weighted by Crippen LogP contribution is -2.36. The molecule has 1 aliphatic heterocycles. The van der Waals surface area contributed by atoms with Crippen LogP contribution >= 0.6 is 0 Å². The van der Waals surface area contributed by atoms with E-state index in [9.17, 15) is 4.79 Å². The minimum atomic E-state index is 0.147. The van der Waals surface area contributed by atoms with E-state index in [2.05, 4.69) is 36.6 Å². The number of piperidine rings is 1. The van der Waals surface area contributed by atoms with Gasteiger partial charge in [-0.05, 0) is 62.1 Å². The Morgan fingerprint density at radius 3 is 2.86 bits per heavy atom. The van der Waals surface area contributed by atoms with Crippen molar-refractivity contribution >= 4 is 17.5 Å². The van der Waals surface area contributed by atoms with Crippen molar-refractivity contribution in [3.8, 4) is 0 Å². The Balaban J connectivity index is 1.20. The molecule has 1 saturated carbocycles. The van der Waals surface area contributed by atoms with Gasteiger partial charge in [0.25, 0.3) is 0 Å². The summed E-state index contributed by atoms with van der Waals surface area (Å²) in [5.41, 5.74) is 1.20. The fourth-order valence-corrected chi connectivity index (χ4v) is 3.86. The van der Waals surface area contributed by atoms with Gasteiger partial charge < -0.3 is 15.5 Å². The quantitative estimate of drug-likeness (QED) is 0.681. The lowest BCUT2D eigenvalue weighted by atomic mass is 9.93. The molecule has 154 valence electrons. The van der Waals surface area contributed by atoms with Crippen LogP contribution in [0.2, 0.25) is 0 Å². The first kappa shape index (κ1) is 19.6. The number of hydrogen-bond acceptors (Lipinski definition) is 6. The average molecular weight is 395 g/mol. The van der Waals surface area contributed by atoms with Crippen LogP contribution in [0.25, 0.3) is 0 Å². The Kier molecular flexibility index (Phi) is 6.54. The van der Waals surface area contributed by atoms with Crippen LogP contribution in [-0.4, -0.2) is 46.5 Å². The summed E-state index contributed by atoms with van der Waals surface area (Å²) in [5.74, 6) is 2.60. The highest BCUT2D eigenvalue weighted by Crippen LogP contribution is 2.27. The van der Waals surface area contributed by atoms with Gasteiger partial charge in [0.2, 0.25) is 5.91 Å². The normalized spacial score (nSPS) is 19.0. The van der Waals surface area contributed by atoms with Gasteiger partial charge in [0.05, 0.1) is 0 Å². The summed E-state index contributed by atoms with van der Waals surface area (Å²) in [7, 11) is 0. The Morgan fingerprint density at radius 1 is 1.17 bits per heavy atom. The summed E-state index contributed by atoms with van der Waals surface area (Å²) >= 11 is 0. The molecule has 1 atom stereocenters. The summed E-state index contributed by atoms with van der Waals surface area (Å²) in [6.07, 6.45) is 12.4. The zero-order chi connectivity index (χ0) is 19.9. The van der Waals surface area contributed by atoms with Gasteiger partial charge in [-0.25, -0.2) is 9.97 Å². The number of nitrogens with one attached hydrogen (secondary N) is 2. The highest BCUT2D eigenvalue weighted by atomic mass is 16.1. The second-order valence-electron chi connectivity index (χ2n) is 8.13. The van der Waals surface area contributed by atoms with Crippen LogP contribution in [-0.2, 0) is 11.2 Å². The molecule has 0 radical (unpaired) electrons. The van der Waals surface area contributed by atoms with Gasteiger partial charge in [-0.3, -0.25) is 9.78 Å². The molecule has 0 bridgehead atoms. The van der Waals surface area contributed by atoms with Crippen molar-refractivity contribution in [2.45, 2.75) is 51.0 Å². The first-order chi connectivity index (χ1) is 14.3. The first-order valence-corrected chi connectivity index (χ1v) is 10.8. The molecule has 0 aromatic carbocycles. The highest BCUT2D eigenvalue weighted by molar-refractivity contribution is 5.75. The molecule has 2 aliphatic rings. The van der Waals surface area contributed by atoms with Gasteiger partial charge in [-0.1, -0.05) is 0 Å². The maximum Gasteiger partial charge on any atom is 0.220 e. The molecule has 2 fully saturated rings. The van der Waals surface area contributed by atoms with Crippen molar-refractivity contribution in [2.24, 2.45) is 5.92 Å². The zero-order valence-corrected chi connectivity index (χ0v) is 16.9. The number of carbonyl (C=O) groups excluding carboxylic acids is 1. The lowest BCUT2D eigenvalue weighted by Gasteiger charge is -2.33. The monoisotopic (exact) mass is 394 g/mol. The van der Waals surface area contributed by atoms with E-state index in [1.54, 1.807) is 18.7 Å². The third-order valence-electron chi connectivity index (χ3n) is 5.69. The number of hydrogen-bond donors (Lipinski definition) is 2. The number of amides is 1. The summed E-state index contributed by atoms with van der Waals surface area (Å²) < 4.78 is 0. The summed E-state index contributed by atoms with van der Waals surface area (Å²) in [6, 6.07) is 6.62. The summed E-state index contributed by atoms with van der Waals surface area (Å²) in [6.45, 7) is 2.66. The molecular formula is C22H30N6O. The van der Waals surface area contributed by atoms with Crippen LogP contribution in [0.4, 0.5) is 11.6 Å². The van der Waals surface area contributed by atoms with Crippen LogP contribution in [0.3, 0.4) is 0 Å². The fraction of sp³-hybridized carbons (Fsp3) is 0.545. The average Bonchev–Trinajstić information content (AvgIpc) is 3.57. The standard InChI is InChI=1S/C22H30N6O/c29-22(24-12-9-17-7-10-23-11-8-17)6-3-18-2-1-13-28(15-18)21-14-20(25-16-26-21)27-19-4-5-19/h7-8,10-11,14,16,18-19H,1-6,9,12-13,15H2,(H,24,29)(H,25,26,27). The predicted molar refractivity (Wildman–Crippen MR) is 114 cm³/mol. The SMILES string of the molecule is O=C(CCC1CCCN(c2cc(NC3CC3)ncn2)C1)NCCc1ccncc1. The smallest absolute Gasteiger partial charge is 0.220 e. The zero-order valence-electron chi connectivity index (χ0n) is 16.9. The van der Waals surface area contributed by atoms with E-state index in [1.165, 1.54) is 24.8 Å². The molecule has 2 aromatic rings. The van der Waals surface area contributed by atoms with Crippen molar-refractivity contribution in [3.63, 3.8) is 0 Å². The van der Waals surface area contributed by atoms with E-state index in [4.69, 9.17) is 0 Å². The summed E-state index contributed by atoms with van der Waals surface area (Å²) in [5, 5.41) is 6.49. The number of carbonyl (C=O) groups is 1. The second kappa shape index (κ2) is 9.67. The van der Waals surface area contributed by atoms with Crippen molar-refractivity contribution in [1.29, 1.82) is 0 Å². The minimum Gasteiger partial charge on any atom is -0.367 e. The molecule has 1 saturated heterocycles. The van der Waals surface area contributed by atoms with E-state index in [-0.39, 0.29) is 5.91 Å². The number of rotatable bonds is 9. The maximum atomic E-state index is 12.2. The minimum absolute atomic E-state index is 0.147. The van der Waals surface area contributed by atoms with Crippen LogP contribution in [0.5, 0.6) is 0 Å². The molecule has 4 rings (SSSR count). The van der Waals surface area contributed by atoms with Crippen molar-refractivity contribution in [2.75, 3.05) is 29.9 Å². The van der Waals surface area contributed by atoms with Crippen LogP contribution in [0.1, 0.15) is 44.1 Å². The van der Waals surface area contributed by atoms with Crippen LogP contribution < -0.4 is 15.5 Å². The first-order valence-electron chi connectivity index (χ1n) is 10.8. The van der Waals surface area contributed by atoms with Crippen LogP contribution in [0, 0.1) is 5.92 Å². The fourth-order valence-electron chi connectivity index (χ4n) is 3.86. The predicted octanol–water partition coefficient (Wildman–Crippen LogP) is 2.80. The number of pyridine rings is 1. The maximum absolute atomic E-state index is 12.2. The number of aromatic nitrogens is 3. The van der Waals surface area contributed by atoms with Gasteiger partial charge in [0, 0.05) is 50.6 Å². The lowest BCUT2D eigenvalue weighted by molar-refractivity contribution is -0.121. The van der Waals surface area contributed by atoms with E-state index in [0.29, 0.717) is 24.9 Å². The van der Waals surface area contributed by atoms with Crippen LogP contribution in [0.15, 0.2) is 36.9 Å². The van der Waals surface area contributed by atoms with E-state index in [1.807, 2.05) is 12.1 Å². The Labute approximate surface area is 172 Å². The molecule has 1 aliphatic carbocycles. The topological polar surface area (TPSA) is 83.0 Å². The Bertz CT molecular complexity index is 795. The highest BCUT2D eigenvalue weighted by Gasteiger charge is 2.24. The molecule has 2 aromatic heterocycles. The third-order valence-corrected chi connectivity index (χ3v) is 5.69.